The lowest BCUT2D eigenvalue weighted by molar-refractivity contribution is 0.0693. The summed E-state index contributed by atoms with van der Waals surface area (Å²) < 4.78 is 32.6. The molecule has 4 rings (SSSR count). The number of H-pyrrole nitrogens is 1. The number of amides is 1. The van der Waals surface area contributed by atoms with E-state index in [1.165, 1.54) is 16.4 Å². The highest BCUT2D eigenvalue weighted by molar-refractivity contribution is 7.89. The number of rotatable bonds is 5. The van der Waals surface area contributed by atoms with Crippen molar-refractivity contribution in [1.82, 2.24) is 19.4 Å². The Morgan fingerprint density at radius 3 is 2.32 bits per heavy atom. The minimum absolute atomic E-state index is 0.151. The van der Waals surface area contributed by atoms with Crippen molar-refractivity contribution in [3.63, 3.8) is 0 Å². The Labute approximate surface area is 179 Å². The van der Waals surface area contributed by atoms with Crippen LogP contribution in [0.4, 0.5) is 0 Å². The van der Waals surface area contributed by atoms with Crippen LogP contribution < -0.4 is 10.3 Å². The second kappa shape index (κ2) is 8.48. The fraction of sp³-hybridized carbons (Fsp3) is 0.286. The molecule has 1 aromatic heterocycles. The van der Waals surface area contributed by atoms with Crippen molar-refractivity contribution in [2.75, 3.05) is 32.8 Å². The number of ether oxygens (including phenoxy) is 1. The lowest BCUT2D eigenvalue weighted by atomic mass is 10.1. The first-order valence-corrected chi connectivity index (χ1v) is 11.4. The highest BCUT2D eigenvalue weighted by Crippen LogP contribution is 2.22. The summed E-state index contributed by atoms with van der Waals surface area (Å²) in [5.41, 5.74) is -0.212. The molecule has 1 N–H and O–H groups in total. The van der Waals surface area contributed by atoms with Crippen molar-refractivity contribution in [2.45, 2.75) is 11.8 Å². The van der Waals surface area contributed by atoms with Crippen LogP contribution in [0, 0.1) is 0 Å². The predicted octanol–water partition coefficient (Wildman–Crippen LogP) is 1.47. The minimum Gasteiger partial charge on any atom is -0.494 e. The molecule has 1 saturated heterocycles. The Hall–Kier alpha value is -3.24. The van der Waals surface area contributed by atoms with Gasteiger partial charge in [-0.3, -0.25) is 9.59 Å². The lowest BCUT2D eigenvalue weighted by Gasteiger charge is -2.33. The molecular formula is C21H22N4O5S. The first-order chi connectivity index (χ1) is 14.9. The van der Waals surface area contributed by atoms with Crippen molar-refractivity contribution in [3.8, 4) is 5.75 Å². The molecule has 1 aliphatic heterocycles. The van der Waals surface area contributed by atoms with Crippen molar-refractivity contribution in [2.24, 2.45) is 0 Å². The molecule has 0 atom stereocenters. The van der Waals surface area contributed by atoms with Gasteiger partial charge in [0.05, 0.1) is 16.9 Å². The van der Waals surface area contributed by atoms with E-state index >= 15 is 0 Å². The van der Waals surface area contributed by atoms with Crippen LogP contribution in [0.3, 0.4) is 0 Å². The predicted molar refractivity (Wildman–Crippen MR) is 115 cm³/mol. The molecular weight excluding hydrogens is 420 g/mol. The van der Waals surface area contributed by atoms with Gasteiger partial charge in [0.1, 0.15) is 5.75 Å². The molecule has 10 heteroatoms. The molecule has 2 heterocycles. The molecule has 0 saturated carbocycles. The summed E-state index contributed by atoms with van der Waals surface area (Å²) in [7, 11) is -3.67. The summed E-state index contributed by atoms with van der Waals surface area (Å²) in [6, 6.07) is 13.1. The number of benzene rings is 2. The fourth-order valence-corrected chi connectivity index (χ4v) is 5.00. The quantitative estimate of drug-likeness (QED) is 0.640. The average molecular weight is 442 g/mol. The van der Waals surface area contributed by atoms with Crippen LogP contribution in [-0.2, 0) is 10.0 Å². The van der Waals surface area contributed by atoms with Crippen LogP contribution in [0.5, 0.6) is 5.75 Å². The zero-order valence-corrected chi connectivity index (χ0v) is 17.8. The van der Waals surface area contributed by atoms with Gasteiger partial charge in [-0.25, -0.2) is 13.5 Å². The first-order valence-electron chi connectivity index (χ1n) is 9.91. The molecule has 1 aliphatic rings. The smallest absolute Gasteiger partial charge is 0.275 e. The highest BCUT2D eigenvalue weighted by atomic mass is 32.2. The second-order valence-corrected chi connectivity index (χ2v) is 8.99. The van der Waals surface area contributed by atoms with Gasteiger partial charge in [0.25, 0.3) is 11.5 Å². The van der Waals surface area contributed by atoms with E-state index in [0.29, 0.717) is 23.1 Å². The van der Waals surface area contributed by atoms with Crippen molar-refractivity contribution in [3.05, 3.63) is 64.6 Å². The van der Waals surface area contributed by atoms with Gasteiger partial charge in [-0.1, -0.05) is 18.2 Å². The Bertz CT molecular complexity index is 1260. The van der Waals surface area contributed by atoms with Crippen LogP contribution in [0.15, 0.2) is 58.2 Å². The van der Waals surface area contributed by atoms with E-state index < -0.39 is 10.0 Å². The monoisotopic (exact) mass is 442 g/mol. The van der Waals surface area contributed by atoms with E-state index in [-0.39, 0.29) is 48.2 Å². The minimum atomic E-state index is -3.67. The number of hydrogen-bond acceptors (Lipinski definition) is 6. The topological polar surface area (TPSA) is 113 Å². The summed E-state index contributed by atoms with van der Waals surface area (Å²) in [4.78, 5) is 26.7. The molecule has 9 nitrogen and oxygen atoms in total. The summed E-state index contributed by atoms with van der Waals surface area (Å²) in [6.07, 6.45) is 0. The van der Waals surface area contributed by atoms with Gasteiger partial charge in [0, 0.05) is 31.6 Å². The van der Waals surface area contributed by atoms with E-state index in [1.807, 2.05) is 6.92 Å². The molecule has 162 valence electrons. The lowest BCUT2D eigenvalue weighted by Crippen LogP contribution is -2.50. The third-order valence-electron chi connectivity index (χ3n) is 5.20. The van der Waals surface area contributed by atoms with Crippen LogP contribution in [0.25, 0.3) is 10.8 Å². The maximum Gasteiger partial charge on any atom is 0.275 e. The molecule has 1 amide bonds. The van der Waals surface area contributed by atoms with Crippen molar-refractivity contribution < 1.29 is 17.9 Å². The average Bonchev–Trinajstić information content (AvgIpc) is 2.80. The SMILES string of the molecule is CCOc1ccc(S(=O)(=O)N2CCN(C(=O)c3n[nH]c(=O)c4ccccc34)CC2)cc1. The zero-order valence-electron chi connectivity index (χ0n) is 16.9. The van der Waals surface area contributed by atoms with Gasteiger partial charge in [0.2, 0.25) is 10.0 Å². The number of carbonyl (C=O) groups excluding carboxylic acids is 1. The van der Waals surface area contributed by atoms with E-state index in [2.05, 4.69) is 10.2 Å². The van der Waals surface area contributed by atoms with E-state index in [1.54, 1.807) is 41.3 Å². The normalized spacial score (nSPS) is 15.2. The number of sulfonamides is 1. The number of fused-ring (bicyclic) bond motifs is 1. The second-order valence-electron chi connectivity index (χ2n) is 7.05. The van der Waals surface area contributed by atoms with Crippen LogP contribution in [0.2, 0.25) is 0 Å². The maximum absolute atomic E-state index is 13.0. The molecule has 2 aromatic carbocycles. The zero-order chi connectivity index (χ0) is 22.0. The maximum atomic E-state index is 13.0. The Kier molecular flexibility index (Phi) is 5.75. The first kappa shape index (κ1) is 21.0. The number of aromatic amines is 1. The van der Waals surface area contributed by atoms with E-state index in [4.69, 9.17) is 4.74 Å². The number of nitrogens with one attached hydrogen (secondary N) is 1. The molecule has 0 aliphatic carbocycles. The third kappa shape index (κ3) is 4.04. The van der Waals surface area contributed by atoms with Gasteiger partial charge < -0.3 is 9.64 Å². The van der Waals surface area contributed by atoms with Gasteiger partial charge in [-0.05, 0) is 37.3 Å². The molecule has 0 spiro atoms. The van der Waals surface area contributed by atoms with Crippen LogP contribution in [0.1, 0.15) is 17.4 Å². The number of piperazine rings is 1. The molecule has 1 fully saturated rings. The fourth-order valence-electron chi connectivity index (χ4n) is 3.58. The highest BCUT2D eigenvalue weighted by Gasteiger charge is 2.31. The van der Waals surface area contributed by atoms with E-state index in [0.717, 1.165) is 0 Å². The number of carbonyl (C=O) groups is 1. The van der Waals surface area contributed by atoms with Crippen LogP contribution >= 0.6 is 0 Å². The van der Waals surface area contributed by atoms with Gasteiger partial charge in [-0.15, -0.1) is 0 Å². The van der Waals surface area contributed by atoms with Crippen molar-refractivity contribution in [1.29, 1.82) is 0 Å². The summed E-state index contributed by atoms with van der Waals surface area (Å²) in [6.45, 7) is 3.15. The molecule has 0 unspecified atom stereocenters. The Morgan fingerprint density at radius 1 is 1.03 bits per heavy atom. The molecule has 3 aromatic rings. The largest absolute Gasteiger partial charge is 0.494 e. The van der Waals surface area contributed by atoms with Gasteiger partial charge in [-0.2, -0.15) is 9.40 Å². The molecule has 0 radical (unpaired) electrons. The Morgan fingerprint density at radius 2 is 1.68 bits per heavy atom. The molecule has 0 bridgehead atoms. The number of nitrogens with zero attached hydrogens (tertiary/aromatic N) is 3. The summed E-state index contributed by atoms with van der Waals surface area (Å²) in [5.74, 6) is 0.267. The Balaban J connectivity index is 1.49. The number of hydrogen-bond donors (Lipinski definition) is 1. The van der Waals surface area contributed by atoms with Crippen molar-refractivity contribution >= 4 is 26.7 Å². The van der Waals surface area contributed by atoms with Crippen LogP contribution in [-0.4, -0.2) is 66.5 Å². The molecule has 31 heavy (non-hydrogen) atoms. The summed E-state index contributed by atoms with van der Waals surface area (Å²) >= 11 is 0. The third-order valence-corrected chi connectivity index (χ3v) is 7.11. The number of aromatic nitrogens is 2. The summed E-state index contributed by atoms with van der Waals surface area (Å²) in [5, 5.41) is 7.17. The van der Waals surface area contributed by atoms with Gasteiger partial charge >= 0.3 is 0 Å². The van der Waals surface area contributed by atoms with Gasteiger partial charge in [0.15, 0.2) is 5.69 Å². The van der Waals surface area contributed by atoms with E-state index in [9.17, 15) is 18.0 Å². The standard InChI is InChI=1S/C21H22N4O5S/c1-2-30-15-7-9-16(10-8-15)31(28,29)25-13-11-24(12-14-25)21(27)19-17-5-3-4-6-18(17)20(26)23-22-19/h3-10H,2,11-14H2,1H3,(H,23,26).